The molecule has 2 atom stereocenters. The zero-order chi connectivity index (χ0) is 58.3. The Bertz CT molecular complexity index is 3700. The molecule has 4 N–H and O–H groups in total. The predicted octanol–water partition coefficient (Wildman–Crippen LogP) is 20.2. The first-order valence-electron chi connectivity index (χ1n) is 34.6. The Morgan fingerprint density at radius 3 is 1.15 bits per heavy atom. The molecule has 4 nitrogen and oxygen atoms in total. The van der Waals surface area contributed by atoms with E-state index >= 15 is 0 Å². The number of unbranched alkanes of at least 4 members (excludes halogenated alkanes) is 25. The lowest BCUT2D eigenvalue weighted by atomic mass is 9.70. The van der Waals surface area contributed by atoms with E-state index in [4.69, 9.17) is 0 Å². The lowest BCUT2D eigenvalue weighted by Crippen LogP contribution is -2.26. The molecule has 446 valence electrons. The largest absolute Gasteiger partial charge is 0.355 e. The normalized spacial score (nSPS) is 16.5. The van der Waals surface area contributed by atoms with E-state index in [0.29, 0.717) is 0 Å². The Morgan fingerprint density at radius 1 is 0.306 bits per heavy atom. The lowest BCUT2D eigenvalue weighted by Gasteiger charge is -2.33. The molecule has 5 heterocycles. The fourth-order valence-corrected chi connectivity index (χ4v) is 15.5. The van der Waals surface area contributed by atoms with Crippen LogP contribution in [0, 0.1) is 0 Å². The topological polar surface area (TPSA) is 63.2 Å². The van der Waals surface area contributed by atoms with Crippen LogP contribution >= 0.6 is 0 Å². The number of fused-ring (bicyclic) bond motifs is 14. The van der Waals surface area contributed by atoms with E-state index in [1.807, 2.05) is 0 Å². The Morgan fingerprint density at radius 2 is 0.682 bits per heavy atom. The second kappa shape index (κ2) is 29.2. The van der Waals surface area contributed by atoms with Gasteiger partial charge in [-0.2, -0.15) is 0 Å². The van der Waals surface area contributed by atoms with E-state index in [1.54, 1.807) is 11.1 Å². The molecule has 0 saturated heterocycles. The van der Waals surface area contributed by atoms with Crippen LogP contribution in [0.4, 0.5) is 0 Å². The second-order valence-electron chi connectivity index (χ2n) is 26.5. The van der Waals surface area contributed by atoms with E-state index in [1.165, 1.54) is 248 Å². The van der Waals surface area contributed by atoms with Crippen LogP contribution in [-0.2, 0) is 10.8 Å². The Kier molecular flexibility index (Phi) is 20.7. The summed E-state index contributed by atoms with van der Waals surface area (Å²) < 4.78 is 0. The van der Waals surface area contributed by atoms with E-state index < -0.39 is 0 Å². The van der Waals surface area contributed by atoms with Crippen LogP contribution in [0.15, 0.2) is 133 Å². The first-order valence-corrected chi connectivity index (χ1v) is 34.6. The Balaban J connectivity index is 0.905. The molecule has 11 rings (SSSR count). The summed E-state index contributed by atoms with van der Waals surface area (Å²) in [5.41, 5.74) is 20.9. The maximum Gasteiger partial charge on any atom is 0.0485 e. The zero-order valence-corrected chi connectivity index (χ0v) is 52.8. The number of H-pyrrole nitrogens is 4. The molecule has 0 radical (unpaired) electrons. The number of aromatic nitrogens is 4. The summed E-state index contributed by atoms with van der Waals surface area (Å²) in [7, 11) is 0. The van der Waals surface area contributed by atoms with Crippen LogP contribution in [0.3, 0.4) is 0 Å². The number of rotatable bonds is 33. The SMILES string of the molecule is CCCCCCCCCCCCCCCCC1(CCCCCCCCCC)c2ccccc2-c2ccc(C3=c4ccc([nH]4)=Cc4ccc([nH]4)C(c4ccc5c(c4)C(C)(CCCCCCCC)c4ccccc4-5)=c4ccc([nH]4)=Cc4ccc3[nH]4)cc21. The highest BCUT2D eigenvalue weighted by Crippen LogP contribution is 2.55. The quantitative estimate of drug-likeness (QED) is 0.0296. The highest BCUT2D eigenvalue weighted by molar-refractivity contribution is 5.87. The van der Waals surface area contributed by atoms with Gasteiger partial charge in [-0.1, -0.05) is 280 Å². The van der Waals surface area contributed by atoms with Crippen molar-refractivity contribution < 1.29 is 0 Å². The fraction of sp³-hybridized carbons (Fsp3) is 0.457. The number of nitrogens with one attached hydrogen (secondary N) is 4. The van der Waals surface area contributed by atoms with Gasteiger partial charge in [0.25, 0.3) is 0 Å². The van der Waals surface area contributed by atoms with Gasteiger partial charge in [0.2, 0.25) is 0 Å². The smallest absolute Gasteiger partial charge is 0.0485 e. The molecule has 0 spiro atoms. The summed E-state index contributed by atoms with van der Waals surface area (Å²) in [5, 5.41) is 4.36. The summed E-state index contributed by atoms with van der Waals surface area (Å²) in [4.78, 5) is 15.8. The highest BCUT2D eigenvalue weighted by Gasteiger charge is 2.43. The highest BCUT2D eigenvalue weighted by atomic mass is 14.8. The number of hydrogen-bond acceptors (Lipinski definition) is 0. The summed E-state index contributed by atoms with van der Waals surface area (Å²) >= 11 is 0. The van der Waals surface area contributed by atoms with Gasteiger partial charge in [-0.3, -0.25) is 0 Å². The molecule has 85 heavy (non-hydrogen) atoms. The van der Waals surface area contributed by atoms with Gasteiger partial charge < -0.3 is 19.9 Å². The molecule has 4 aromatic carbocycles. The summed E-state index contributed by atoms with van der Waals surface area (Å²) in [6.07, 6.45) is 46.1. The van der Waals surface area contributed by atoms with Crippen LogP contribution in [0.2, 0.25) is 0 Å². The minimum Gasteiger partial charge on any atom is -0.355 e. The molecule has 0 amide bonds. The van der Waals surface area contributed by atoms with E-state index in [9.17, 15) is 0 Å². The predicted molar refractivity (Wildman–Crippen MR) is 363 cm³/mol. The number of hydrogen-bond donors (Lipinski definition) is 4. The molecule has 1 aliphatic heterocycles. The van der Waals surface area contributed by atoms with Gasteiger partial charge in [-0.05, 0) is 148 Å². The van der Waals surface area contributed by atoms with Gasteiger partial charge in [-0.25, -0.2) is 0 Å². The Hall–Kier alpha value is -6.52. The van der Waals surface area contributed by atoms with Crippen LogP contribution < -0.4 is 21.4 Å². The standard InChI is InChI=1S/C81H102N4/c1-5-8-11-14-17-19-20-21-22-23-24-26-29-36-55-81(54-35-28-25-18-15-12-9-6-2)71-40-33-31-38-67(71)69-48-42-61(57-73(69)81)79-76-51-45-64(84-76)58-62-43-49-74(82-62)78(75-50-44-63(83-75)59-65-46-52-77(79)85-65)60-41-47-68-66-37-30-32-39-70(66)80(4,72(68)56-60)53-34-27-16-13-10-7-3/h30-33,37-52,56-59,82-85H,5-29,34-36,53-55H2,1-4H3. The Labute approximate surface area is 511 Å². The van der Waals surface area contributed by atoms with Gasteiger partial charge in [0.1, 0.15) is 0 Å². The van der Waals surface area contributed by atoms with Crippen LogP contribution in [0.5, 0.6) is 0 Å². The number of benzene rings is 4. The lowest BCUT2D eigenvalue weighted by molar-refractivity contribution is 0.397. The van der Waals surface area contributed by atoms with Crippen molar-refractivity contribution >= 4 is 23.3 Å². The first-order chi connectivity index (χ1) is 41.9. The van der Waals surface area contributed by atoms with Crippen molar-refractivity contribution in [2.45, 2.75) is 238 Å². The molecule has 3 aliphatic rings. The summed E-state index contributed by atoms with van der Waals surface area (Å²) in [5.74, 6) is 0. The van der Waals surface area contributed by atoms with E-state index in [2.05, 4.69) is 193 Å². The molecule has 2 unspecified atom stereocenters. The van der Waals surface area contributed by atoms with Crippen molar-refractivity contribution in [3.05, 3.63) is 211 Å². The van der Waals surface area contributed by atoms with Crippen molar-refractivity contribution in [2.24, 2.45) is 0 Å². The van der Waals surface area contributed by atoms with Gasteiger partial charge in [0, 0.05) is 66.1 Å². The van der Waals surface area contributed by atoms with Crippen molar-refractivity contribution in [2.75, 3.05) is 0 Å². The van der Waals surface area contributed by atoms with Crippen LogP contribution in [-0.4, -0.2) is 19.9 Å². The molecule has 0 saturated carbocycles. The molecular weight excluding hydrogens is 1030 g/mol. The number of aromatic amines is 4. The average molecular weight is 1130 g/mol. The summed E-state index contributed by atoms with van der Waals surface area (Å²) in [6, 6.07) is 51.7. The minimum atomic E-state index is -0.0478. The van der Waals surface area contributed by atoms with Gasteiger partial charge in [0.15, 0.2) is 0 Å². The third kappa shape index (κ3) is 13.9. The zero-order valence-electron chi connectivity index (χ0n) is 52.8. The maximum atomic E-state index is 3.96. The second-order valence-corrected chi connectivity index (χ2v) is 26.5. The molecule has 4 aromatic heterocycles. The fourth-order valence-electron chi connectivity index (χ4n) is 15.5. The summed E-state index contributed by atoms with van der Waals surface area (Å²) in [6.45, 7) is 9.46. The monoisotopic (exact) mass is 1130 g/mol. The molecule has 2 aliphatic carbocycles. The van der Waals surface area contributed by atoms with Crippen molar-refractivity contribution in [1.82, 2.24) is 19.9 Å². The van der Waals surface area contributed by atoms with Gasteiger partial charge >= 0.3 is 0 Å². The first kappa shape index (κ1) is 60.2. The molecular formula is C81H102N4. The third-order valence-electron chi connectivity index (χ3n) is 20.2. The van der Waals surface area contributed by atoms with Crippen molar-refractivity contribution in [1.29, 1.82) is 0 Å². The van der Waals surface area contributed by atoms with Crippen LogP contribution in [0.1, 0.15) is 283 Å². The molecule has 4 heteroatoms. The third-order valence-corrected chi connectivity index (χ3v) is 20.2. The molecule has 8 aromatic rings. The van der Waals surface area contributed by atoms with Crippen LogP contribution in [0.25, 0.3) is 45.6 Å². The van der Waals surface area contributed by atoms with E-state index in [0.717, 1.165) is 50.6 Å². The molecule has 0 fully saturated rings. The van der Waals surface area contributed by atoms with Gasteiger partial charge in [0.05, 0.1) is 0 Å². The van der Waals surface area contributed by atoms with Crippen molar-refractivity contribution in [3.63, 3.8) is 0 Å². The average Bonchev–Trinajstić information content (AvgIpc) is 2.85. The maximum absolute atomic E-state index is 3.96. The van der Waals surface area contributed by atoms with E-state index in [-0.39, 0.29) is 10.8 Å². The van der Waals surface area contributed by atoms with Crippen molar-refractivity contribution in [3.8, 4) is 22.3 Å². The minimum absolute atomic E-state index is 0.00593. The molecule has 8 bridgehead atoms. The van der Waals surface area contributed by atoms with Gasteiger partial charge in [-0.15, -0.1) is 0 Å².